The van der Waals surface area contributed by atoms with Crippen LogP contribution in [0.3, 0.4) is 0 Å². The highest BCUT2D eigenvalue weighted by molar-refractivity contribution is 5.87. The summed E-state index contributed by atoms with van der Waals surface area (Å²) in [4.78, 5) is 24.4. The van der Waals surface area contributed by atoms with Gasteiger partial charge in [-0.2, -0.15) is 0 Å². The molecule has 2 atom stereocenters. The van der Waals surface area contributed by atoms with Crippen LogP contribution in [-0.2, 0) is 4.79 Å². The SMILES string of the molecule is COc1cc(NC(C(=O)N2CCCC2c2ccc3ncoc3c2)c2cccnc2)cc(OCCO)c1. The number of aliphatic hydroxyl groups is 1. The molecule has 2 N–H and O–H groups in total. The maximum Gasteiger partial charge on any atom is 0.250 e. The van der Waals surface area contributed by atoms with Gasteiger partial charge in [0, 0.05) is 48.4 Å². The molecule has 2 aromatic heterocycles. The summed E-state index contributed by atoms with van der Waals surface area (Å²) in [6, 6.07) is 14.2. The van der Waals surface area contributed by atoms with E-state index in [1.54, 1.807) is 31.6 Å². The molecule has 2 unspecified atom stereocenters. The van der Waals surface area contributed by atoms with Crippen LogP contribution in [0.25, 0.3) is 11.1 Å². The standard InChI is InChI=1S/C27H28N4O5/c1-34-21-13-20(14-22(15-21)35-11-10-32)30-26(19-4-2-8-28-16-19)27(33)31-9-3-5-24(31)18-6-7-23-25(12-18)36-17-29-23/h2,4,6-8,12-17,24,26,30,32H,3,5,9-11H2,1H3. The number of ether oxygens (including phenoxy) is 2. The first kappa shape index (κ1) is 23.6. The molecule has 9 heteroatoms. The van der Waals surface area contributed by atoms with Gasteiger partial charge < -0.3 is 29.2 Å². The first-order chi connectivity index (χ1) is 17.7. The van der Waals surface area contributed by atoms with Crippen molar-refractivity contribution in [2.24, 2.45) is 0 Å². The van der Waals surface area contributed by atoms with Gasteiger partial charge in [0.1, 0.15) is 29.7 Å². The summed E-state index contributed by atoms with van der Waals surface area (Å²) < 4.78 is 16.5. The molecule has 186 valence electrons. The number of anilines is 1. The molecular weight excluding hydrogens is 460 g/mol. The van der Waals surface area contributed by atoms with Gasteiger partial charge in [0.25, 0.3) is 0 Å². The molecule has 1 aliphatic rings. The van der Waals surface area contributed by atoms with Crippen molar-refractivity contribution in [3.8, 4) is 11.5 Å². The molecule has 0 saturated carbocycles. The second-order valence-electron chi connectivity index (χ2n) is 8.60. The third-order valence-electron chi connectivity index (χ3n) is 6.33. The topological polar surface area (TPSA) is 110 Å². The number of oxazole rings is 1. The van der Waals surface area contributed by atoms with Gasteiger partial charge in [-0.15, -0.1) is 0 Å². The molecular formula is C27H28N4O5. The smallest absolute Gasteiger partial charge is 0.250 e. The van der Waals surface area contributed by atoms with Crippen molar-refractivity contribution in [2.45, 2.75) is 24.9 Å². The Kier molecular flexibility index (Phi) is 6.99. The molecule has 1 aliphatic heterocycles. The molecule has 36 heavy (non-hydrogen) atoms. The predicted octanol–water partition coefficient (Wildman–Crippen LogP) is 4.12. The first-order valence-corrected chi connectivity index (χ1v) is 11.9. The maximum absolute atomic E-state index is 14.1. The summed E-state index contributed by atoms with van der Waals surface area (Å²) in [7, 11) is 1.57. The van der Waals surface area contributed by atoms with Crippen molar-refractivity contribution >= 4 is 22.7 Å². The van der Waals surface area contributed by atoms with Gasteiger partial charge in [0.05, 0.1) is 19.8 Å². The van der Waals surface area contributed by atoms with Gasteiger partial charge in [-0.25, -0.2) is 4.98 Å². The van der Waals surface area contributed by atoms with Gasteiger partial charge in [0.15, 0.2) is 12.0 Å². The molecule has 0 bridgehead atoms. The fraction of sp³-hybridized carbons (Fsp3) is 0.296. The number of nitrogens with zero attached hydrogens (tertiary/aromatic N) is 3. The molecule has 1 saturated heterocycles. The number of hydrogen-bond donors (Lipinski definition) is 2. The largest absolute Gasteiger partial charge is 0.497 e. The molecule has 0 aliphatic carbocycles. The second-order valence-corrected chi connectivity index (χ2v) is 8.60. The Labute approximate surface area is 208 Å². The zero-order valence-corrected chi connectivity index (χ0v) is 20.0. The van der Waals surface area contributed by atoms with Crippen LogP contribution in [0, 0.1) is 0 Å². The third-order valence-corrected chi connectivity index (χ3v) is 6.33. The Bertz CT molecular complexity index is 1330. The number of likely N-dealkylation sites (tertiary alicyclic amines) is 1. The van der Waals surface area contributed by atoms with Crippen molar-refractivity contribution in [2.75, 3.05) is 32.2 Å². The van der Waals surface area contributed by atoms with Gasteiger partial charge >= 0.3 is 0 Å². The molecule has 2 aromatic carbocycles. The van der Waals surface area contributed by atoms with E-state index in [1.807, 2.05) is 41.3 Å². The van der Waals surface area contributed by atoms with Crippen molar-refractivity contribution in [3.63, 3.8) is 0 Å². The summed E-state index contributed by atoms with van der Waals surface area (Å²) in [6.45, 7) is 0.703. The van der Waals surface area contributed by atoms with Crippen LogP contribution in [0.15, 0.2) is 71.7 Å². The van der Waals surface area contributed by atoms with E-state index in [-0.39, 0.29) is 25.2 Å². The number of nitrogens with one attached hydrogen (secondary N) is 1. The number of carbonyl (C=O) groups is 1. The molecule has 5 rings (SSSR count). The van der Waals surface area contributed by atoms with E-state index in [9.17, 15) is 4.79 Å². The molecule has 3 heterocycles. The van der Waals surface area contributed by atoms with E-state index in [0.717, 1.165) is 29.5 Å². The summed E-state index contributed by atoms with van der Waals surface area (Å²) in [5.41, 5.74) is 3.93. The van der Waals surface area contributed by atoms with E-state index in [4.69, 9.17) is 19.0 Å². The lowest BCUT2D eigenvalue weighted by atomic mass is 10.0. The lowest BCUT2D eigenvalue weighted by molar-refractivity contribution is -0.133. The zero-order valence-electron chi connectivity index (χ0n) is 20.0. The van der Waals surface area contributed by atoms with E-state index in [1.165, 1.54) is 6.39 Å². The average Bonchev–Trinajstić information content (AvgIpc) is 3.60. The number of benzene rings is 2. The summed E-state index contributed by atoms with van der Waals surface area (Å²) in [6.07, 6.45) is 6.58. The van der Waals surface area contributed by atoms with Gasteiger partial charge in [-0.3, -0.25) is 9.78 Å². The number of fused-ring (bicyclic) bond motifs is 1. The van der Waals surface area contributed by atoms with Crippen LogP contribution < -0.4 is 14.8 Å². The Balaban J connectivity index is 1.46. The summed E-state index contributed by atoms with van der Waals surface area (Å²) in [5.74, 6) is 1.05. The number of hydrogen-bond acceptors (Lipinski definition) is 8. The average molecular weight is 489 g/mol. The second kappa shape index (κ2) is 10.7. The molecule has 4 aromatic rings. The number of aliphatic hydroxyl groups excluding tert-OH is 1. The minimum absolute atomic E-state index is 0.0520. The fourth-order valence-corrected chi connectivity index (χ4v) is 4.64. The van der Waals surface area contributed by atoms with Gasteiger partial charge in [0.2, 0.25) is 5.91 Å². The van der Waals surface area contributed by atoms with E-state index >= 15 is 0 Å². The lowest BCUT2D eigenvalue weighted by Crippen LogP contribution is -2.37. The Morgan fingerprint density at radius 1 is 1.25 bits per heavy atom. The van der Waals surface area contributed by atoms with Crippen LogP contribution >= 0.6 is 0 Å². The van der Waals surface area contributed by atoms with Crippen LogP contribution in [0.4, 0.5) is 5.69 Å². The normalized spacial score (nSPS) is 16.2. The van der Waals surface area contributed by atoms with E-state index in [2.05, 4.69) is 15.3 Å². The Morgan fingerprint density at radius 2 is 2.14 bits per heavy atom. The van der Waals surface area contributed by atoms with Gasteiger partial charge in [-0.05, 0) is 36.6 Å². The number of rotatable bonds is 9. The number of pyridine rings is 1. The number of methoxy groups -OCH3 is 1. The number of aromatic nitrogens is 2. The molecule has 0 spiro atoms. The molecule has 9 nitrogen and oxygen atoms in total. The third kappa shape index (κ3) is 4.96. The van der Waals surface area contributed by atoms with Crippen LogP contribution in [0.2, 0.25) is 0 Å². The number of amides is 1. The van der Waals surface area contributed by atoms with Crippen molar-refractivity contribution in [1.82, 2.24) is 14.9 Å². The quantitative estimate of drug-likeness (QED) is 0.362. The van der Waals surface area contributed by atoms with Crippen molar-refractivity contribution < 1.29 is 23.8 Å². The lowest BCUT2D eigenvalue weighted by Gasteiger charge is -2.30. The van der Waals surface area contributed by atoms with Crippen LogP contribution in [-0.4, -0.2) is 52.7 Å². The Hall–Kier alpha value is -4.11. The van der Waals surface area contributed by atoms with Crippen LogP contribution in [0.1, 0.15) is 36.1 Å². The molecule has 0 radical (unpaired) electrons. The Morgan fingerprint density at radius 3 is 2.94 bits per heavy atom. The molecule has 1 fully saturated rings. The minimum Gasteiger partial charge on any atom is -0.497 e. The minimum atomic E-state index is -0.675. The maximum atomic E-state index is 14.1. The highest BCUT2D eigenvalue weighted by atomic mass is 16.5. The number of carbonyl (C=O) groups excluding carboxylic acids is 1. The highest BCUT2D eigenvalue weighted by Gasteiger charge is 2.35. The monoisotopic (exact) mass is 488 g/mol. The van der Waals surface area contributed by atoms with Gasteiger partial charge in [-0.1, -0.05) is 12.1 Å². The van der Waals surface area contributed by atoms with Crippen molar-refractivity contribution in [1.29, 1.82) is 0 Å². The molecule has 1 amide bonds. The highest BCUT2D eigenvalue weighted by Crippen LogP contribution is 2.37. The summed E-state index contributed by atoms with van der Waals surface area (Å²) in [5, 5.41) is 12.5. The van der Waals surface area contributed by atoms with E-state index in [0.29, 0.717) is 29.3 Å². The fourth-order valence-electron chi connectivity index (χ4n) is 4.64. The zero-order chi connectivity index (χ0) is 24.9. The van der Waals surface area contributed by atoms with Crippen molar-refractivity contribution in [3.05, 3.63) is 78.4 Å². The summed E-state index contributed by atoms with van der Waals surface area (Å²) >= 11 is 0. The van der Waals surface area contributed by atoms with E-state index < -0.39 is 6.04 Å². The predicted molar refractivity (Wildman–Crippen MR) is 134 cm³/mol. The van der Waals surface area contributed by atoms with Crippen LogP contribution in [0.5, 0.6) is 11.5 Å². The first-order valence-electron chi connectivity index (χ1n) is 11.9.